The van der Waals surface area contributed by atoms with Gasteiger partial charge in [0.25, 0.3) is 0 Å². The lowest BCUT2D eigenvalue weighted by Crippen LogP contribution is -2.22. The van der Waals surface area contributed by atoms with Crippen LogP contribution in [-0.2, 0) is 24.9 Å². The zero-order chi connectivity index (χ0) is 20.9. The second kappa shape index (κ2) is 8.95. The summed E-state index contributed by atoms with van der Waals surface area (Å²) in [7, 11) is -3.08. The fourth-order valence-corrected chi connectivity index (χ4v) is 2.51. The van der Waals surface area contributed by atoms with Crippen molar-refractivity contribution in [3.63, 3.8) is 0 Å². The minimum absolute atomic E-state index is 0.185. The summed E-state index contributed by atoms with van der Waals surface area (Å²) in [6.45, 7) is 1.32. The smallest absolute Gasteiger partial charge is 0.417 e. The van der Waals surface area contributed by atoms with Gasteiger partial charge in [-0.25, -0.2) is 9.17 Å². The quantitative estimate of drug-likeness (QED) is 0.606. The first-order valence-electron chi connectivity index (χ1n) is 7.62. The highest BCUT2D eigenvalue weighted by Crippen LogP contribution is 2.34. The molecule has 1 atom stereocenters. The van der Waals surface area contributed by atoms with Gasteiger partial charge < -0.3 is 9.47 Å². The summed E-state index contributed by atoms with van der Waals surface area (Å²) in [5.41, 5.74) is -0.986. The third kappa shape index (κ3) is 6.51. The number of alkyl halides is 3. The van der Waals surface area contributed by atoms with Crippen molar-refractivity contribution >= 4 is 22.0 Å². The maximum Gasteiger partial charge on any atom is 0.417 e. The van der Waals surface area contributed by atoms with E-state index in [1.54, 1.807) is 6.92 Å². The zero-order valence-electron chi connectivity index (χ0n) is 14.6. The number of hydrogen-bond acceptors (Lipinski definition) is 7. The maximum atomic E-state index is 12.6. The predicted octanol–water partition coefficient (Wildman–Crippen LogP) is 4.22. The summed E-state index contributed by atoms with van der Waals surface area (Å²) >= 11 is 5.78. The molecule has 0 radical (unpaired) electrons. The molecule has 28 heavy (non-hydrogen) atoms. The van der Waals surface area contributed by atoms with Crippen LogP contribution in [-0.4, -0.2) is 33.2 Å². The van der Waals surface area contributed by atoms with Crippen molar-refractivity contribution in [1.29, 1.82) is 0 Å². The van der Waals surface area contributed by atoms with Crippen molar-refractivity contribution in [3.05, 3.63) is 47.1 Å². The summed E-state index contributed by atoms with van der Waals surface area (Å²) in [6, 6.07) is 6.69. The van der Waals surface area contributed by atoms with Crippen molar-refractivity contribution in [1.82, 2.24) is 4.98 Å². The van der Waals surface area contributed by atoms with Crippen LogP contribution in [0.2, 0.25) is 5.02 Å². The van der Waals surface area contributed by atoms with Gasteiger partial charge in [0.1, 0.15) is 29.2 Å². The molecular formula is C16H15ClF3NO6S. The lowest BCUT2D eigenvalue weighted by Gasteiger charge is -2.15. The highest BCUT2D eigenvalue weighted by atomic mass is 35.5. The molecule has 0 spiro atoms. The number of rotatable bonds is 8. The third-order valence-corrected chi connectivity index (χ3v) is 4.27. The number of benzene rings is 1. The SMILES string of the molecule is COS(=O)(=O)OCC(C)Oc1ccc(Oc2ncc(C(F)(F)F)cc2Cl)cc1. The molecule has 0 saturated carbocycles. The Bertz CT molecular complexity index is 906. The van der Waals surface area contributed by atoms with E-state index < -0.39 is 28.2 Å². The lowest BCUT2D eigenvalue weighted by atomic mass is 10.3. The average Bonchev–Trinajstić information content (AvgIpc) is 2.62. The topological polar surface area (TPSA) is 84.0 Å². The molecule has 12 heteroatoms. The third-order valence-electron chi connectivity index (χ3n) is 3.16. The van der Waals surface area contributed by atoms with Crippen LogP contribution >= 0.6 is 11.6 Å². The van der Waals surface area contributed by atoms with E-state index in [0.29, 0.717) is 11.9 Å². The summed E-state index contributed by atoms with van der Waals surface area (Å²) in [6.07, 6.45) is -4.55. The second-order valence-electron chi connectivity index (χ2n) is 5.37. The van der Waals surface area contributed by atoms with Gasteiger partial charge in [0.05, 0.1) is 12.7 Å². The Morgan fingerprint density at radius 3 is 2.32 bits per heavy atom. The van der Waals surface area contributed by atoms with Gasteiger partial charge in [-0.3, -0.25) is 4.18 Å². The van der Waals surface area contributed by atoms with E-state index >= 15 is 0 Å². The Kier molecular flexibility index (Phi) is 7.10. The number of nitrogens with zero attached hydrogens (tertiary/aromatic N) is 1. The Balaban J connectivity index is 1.97. The molecule has 0 aliphatic rings. The minimum atomic E-state index is -4.56. The van der Waals surface area contributed by atoms with E-state index in [4.69, 9.17) is 21.1 Å². The summed E-state index contributed by atoms with van der Waals surface area (Å²) < 4.78 is 79.5. The van der Waals surface area contributed by atoms with Crippen LogP contribution in [0, 0.1) is 0 Å². The van der Waals surface area contributed by atoms with Gasteiger partial charge in [-0.05, 0) is 37.3 Å². The molecule has 1 heterocycles. The molecule has 1 aromatic carbocycles. The molecule has 154 valence electrons. The Hall–Kier alpha value is -2.08. The maximum absolute atomic E-state index is 12.6. The molecule has 2 rings (SSSR count). The second-order valence-corrected chi connectivity index (χ2v) is 7.16. The van der Waals surface area contributed by atoms with E-state index in [2.05, 4.69) is 13.4 Å². The number of aromatic nitrogens is 1. The minimum Gasteiger partial charge on any atom is -0.488 e. The van der Waals surface area contributed by atoms with Crippen molar-refractivity contribution in [2.24, 2.45) is 0 Å². The number of pyridine rings is 1. The molecule has 2 aromatic rings. The van der Waals surface area contributed by atoms with Gasteiger partial charge in [0, 0.05) is 6.20 Å². The molecule has 0 bridgehead atoms. The summed E-state index contributed by atoms with van der Waals surface area (Å²) in [4.78, 5) is 3.58. The van der Waals surface area contributed by atoms with Crippen LogP contribution in [0.3, 0.4) is 0 Å². The first kappa shape index (κ1) is 22.2. The van der Waals surface area contributed by atoms with Crippen LogP contribution in [0.25, 0.3) is 0 Å². The van der Waals surface area contributed by atoms with E-state index in [1.807, 2.05) is 0 Å². The molecule has 0 aliphatic heterocycles. The van der Waals surface area contributed by atoms with Crippen molar-refractivity contribution < 1.29 is 39.4 Å². The van der Waals surface area contributed by atoms with Crippen LogP contribution in [0.4, 0.5) is 13.2 Å². The highest BCUT2D eigenvalue weighted by molar-refractivity contribution is 7.81. The number of ether oxygens (including phenoxy) is 2. The van der Waals surface area contributed by atoms with Crippen molar-refractivity contribution in [2.75, 3.05) is 13.7 Å². The van der Waals surface area contributed by atoms with Gasteiger partial charge in [-0.15, -0.1) is 0 Å². The molecular weight excluding hydrogens is 427 g/mol. The highest BCUT2D eigenvalue weighted by Gasteiger charge is 2.31. The Morgan fingerprint density at radius 2 is 1.79 bits per heavy atom. The van der Waals surface area contributed by atoms with Gasteiger partial charge in [0.15, 0.2) is 0 Å². The van der Waals surface area contributed by atoms with Crippen LogP contribution in [0.5, 0.6) is 17.4 Å². The Morgan fingerprint density at radius 1 is 1.18 bits per heavy atom. The zero-order valence-corrected chi connectivity index (χ0v) is 16.1. The van der Waals surface area contributed by atoms with E-state index in [1.165, 1.54) is 24.3 Å². The standard InChI is InChI=1S/C16H15ClF3NO6S/c1-10(9-25-28(22,23)24-2)26-12-3-5-13(6-4-12)27-15-14(17)7-11(8-21-15)16(18,19)20/h3-8,10H,9H2,1-2H3. The predicted molar refractivity (Wildman–Crippen MR) is 92.7 cm³/mol. The van der Waals surface area contributed by atoms with E-state index in [9.17, 15) is 21.6 Å². The summed E-state index contributed by atoms with van der Waals surface area (Å²) in [5.74, 6) is 0.451. The number of halogens is 4. The molecule has 1 unspecified atom stereocenters. The molecule has 0 amide bonds. The lowest BCUT2D eigenvalue weighted by molar-refractivity contribution is -0.137. The van der Waals surface area contributed by atoms with Crippen molar-refractivity contribution in [2.45, 2.75) is 19.2 Å². The molecule has 0 aliphatic carbocycles. The van der Waals surface area contributed by atoms with Crippen molar-refractivity contribution in [3.8, 4) is 17.4 Å². The molecule has 7 nitrogen and oxygen atoms in total. The van der Waals surface area contributed by atoms with E-state index in [0.717, 1.165) is 13.2 Å². The molecule has 0 fully saturated rings. The first-order valence-corrected chi connectivity index (χ1v) is 9.33. The fraction of sp³-hybridized carbons (Fsp3) is 0.312. The fourth-order valence-electron chi connectivity index (χ4n) is 1.85. The van der Waals surface area contributed by atoms with Gasteiger partial charge in [-0.2, -0.15) is 21.6 Å². The molecule has 0 N–H and O–H groups in total. The van der Waals surface area contributed by atoms with E-state index in [-0.39, 0.29) is 23.3 Å². The Labute approximate surface area is 164 Å². The normalized spacial score (nSPS) is 13.2. The van der Waals surface area contributed by atoms with Gasteiger partial charge in [0.2, 0.25) is 5.88 Å². The van der Waals surface area contributed by atoms with Crippen LogP contribution < -0.4 is 9.47 Å². The molecule has 0 saturated heterocycles. The van der Waals surface area contributed by atoms with Crippen LogP contribution in [0.15, 0.2) is 36.5 Å². The van der Waals surface area contributed by atoms with Gasteiger partial charge in [-0.1, -0.05) is 11.6 Å². The van der Waals surface area contributed by atoms with Gasteiger partial charge >= 0.3 is 16.6 Å². The molecule has 1 aromatic heterocycles. The first-order chi connectivity index (χ1) is 13.0. The largest absolute Gasteiger partial charge is 0.488 e. The number of hydrogen-bond donors (Lipinski definition) is 0. The van der Waals surface area contributed by atoms with Crippen LogP contribution in [0.1, 0.15) is 12.5 Å². The monoisotopic (exact) mass is 441 g/mol. The summed E-state index contributed by atoms with van der Waals surface area (Å²) in [5, 5.41) is -0.291. The average molecular weight is 442 g/mol.